The van der Waals surface area contributed by atoms with Crippen molar-refractivity contribution < 1.29 is 25.8 Å². The van der Waals surface area contributed by atoms with Crippen LogP contribution in [0.1, 0.15) is 129 Å². The summed E-state index contributed by atoms with van der Waals surface area (Å²) < 4.78 is 10.4. The van der Waals surface area contributed by atoms with Crippen molar-refractivity contribution in [1.29, 1.82) is 0 Å². The molecule has 1 fully saturated rings. The van der Waals surface area contributed by atoms with Gasteiger partial charge in [0.25, 0.3) is 0 Å². The molecule has 0 saturated carbocycles. The minimum Gasteiger partial charge on any atom is -0.509 e. The number of hydrogen-bond donors (Lipinski definition) is 0. The summed E-state index contributed by atoms with van der Waals surface area (Å²) in [6, 6.07) is 61.5. The van der Waals surface area contributed by atoms with E-state index in [1.807, 2.05) is 6.20 Å². The summed E-state index contributed by atoms with van der Waals surface area (Å²) in [6.45, 7) is 29.9. The molecule has 0 bridgehead atoms. The molecule has 9 aromatic rings. The van der Waals surface area contributed by atoms with Crippen LogP contribution in [0.4, 0.5) is 22.7 Å². The monoisotopic (exact) mass is 1110 g/mol. The number of hydrogen-bond acceptors (Lipinski definition) is 2. The molecule has 2 atom stereocenters. The van der Waals surface area contributed by atoms with Gasteiger partial charge in [0.05, 0.1) is 5.69 Å². The van der Waals surface area contributed by atoms with Gasteiger partial charge in [-0.15, -0.1) is 29.1 Å². The molecular weight excluding hydrogens is 1050 g/mol. The number of ether oxygens (including phenoxy) is 1. The zero-order valence-electron chi connectivity index (χ0n) is 43.3. The van der Waals surface area contributed by atoms with Crippen LogP contribution in [-0.2, 0) is 31.9 Å². The minimum atomic E-state index is -0.0387. The number of para-hydroxylation sites is 1. The van der Waals surface area contributed by atoms with E-state index in [-0.39, 0.29) is 31.9 Å². The topological polar surface area (TPSA) is 27.1 Å². The normalized spacial score (nSPS) is 17.3. The molecule has 2 aliphatic heterocycles. The molecule has 1 unspecified atom stereocenters. The molecule has 6 heteroatoms. The number of fused-ring (bicyclic) bond motifs is 7. The van der Waals surface area contributed by atoms with E-state index in [1.165, 1.54) is 61.6 Å². The zero-order chi connectivity index (χ0) is 49.1. The molecule has 0 radical (unpaired) electrons. The zero-order valence-corrected chi connectivity index (χ0v) is 45.5. The van der Waals surface area contributed by atoms with Crippen LogP contribution in [0.5, 0.6) is 11.5 Å². The van der Waals surface area contributed by atoms with Gasteiger partial charge in [0.2, 0.25) is 11.4 Å². The summed E-state index contributed by atoms with van der Waals surface area (Å²) in [4.78, 5) is 4.94. The Hall–Kier alpha value is -6.10. The van der Waals surface area contributed by atoms with Gasteiger partial charge < -0.3 is 9.30 Å². The predicted octanol–water partition coefficient (Wildman–Crippen LogP) is 18.2. The Morgan fingerprint density at radius 2 is 1.21 bits per heavy atom. The van der Waals surface area contributed by atoms with E-state index >= 15 is 0 Å². The number of quaternary nitrogens is 2. The Bertz CT molecular complexity index is 3500. The third-order valence-electron chi connectivity index (χ3n) is 15.0. The minimum absolute atomic E-state index is 0. The Balaban J connectivity index is 0.00000582. The standard InChI is InChI=1S/C65H65N4O.Pt/c1-41(2)52-21-13-14-22-55(52)45-34-49(38-51(35-45)70-50-28-29-57-56-23-15-16-26-58(56)67(59(57)39-50)62-37-47(31-32-66-62)65(10,11)12)69-40-68(69,60-30-27-46(36-61(60)69)64(7,8)9)48-20-17-19-44(33-48)63-53(42(3)4)24-18-25-54(63)43(5)6;/h13-37,40-43H,1-12H3;/q-1;/t68-,69?;/m0./s1. The Labute approximate surface area is 436 Å². The van der Waals surface area contributed by atoms with Gasteiger partial charge in [-0.05, 0) is 96.7 Å². The van der Waals surface area contributed by atoms with Gasteiger partial charge in [-0.3, -0.25) is 0 Å². The fourth-order valence-corrected chi connectivity index (χ4v) is 11.2. The quantitative estimate of drug-likeness (QED) is 0.0775. The van der Waals surface area contributed by atoms with Gasteiger partial charge in [0.1, 0.15) is 5.82 Å². The number of benzene rings is 7. The van der Waals surface area contributed by atoms with Crippen LogP contribution in [0.2, 0.25) is 0 Å². The molecule has 5 nitrogen and oxygen atoms in total. The summed E-state index contributed by atoms with van der Waals surface area (Å²) >= 11 is 0. The number of aromatic nitrogens is 2. The van der Waals surface area contributed by atoms with Gasteiger partial charge >= 0.3 is 0 Å². The largest absolute Gasteiger partial charge is 0.509 e. The van der Waals surface area contributed by atoms with Crippen molar-refractivity contribution in [3.05, 3.63) is 198 Å². The van der Waals surface area contributed by atoms with Crippen LogP contribution in [0.25, 0.3) is 49.9 Å². The van der Waals surface area contributed by atoms with Crippen LogP contribution in [0.15, 0.2) is 152 Å². The van der Waals surface area contributed by atoms with Gasteiger partial charge in [-0.1, -0.05) is 180 Å². The van der Waals surface area contributed by atoms with E-state index in [2.05, 4.69) is 252 Å². The van der Waals surface area contributed by atoms with Gasteiger partial charge in [0, 0.05) is 68.5 Å². The molecular formula is C65H65N4OPt-. The smallest absolute Gasteiger partial charge is 0.225 e. The molecule has 4 heterocycles. The van der Waals surface area contributed by atoms with Gasteiger partial charge in [0.15, 0.2) is 12.4 Å². The maximum Gasteiger partial charge on any atom is 0.225 e. The first-order valence-corrected chi connectivity index (χ1v) is 25.2. The molecule has 71 heavy (non-hydrogen) atoms. The van der Waals surface area contributed by atoms with Crippen molar-refractivity contribution in [2.75, 3.05) is 0 Å². The molecule has 362 valence electrons. The first-order valence-electron chi connectivity index (χ1n) is 25.2. The third-order valence-corrected chi connectivity index (χ3v) is 15.0. The molecule has 1 saturated heterocycles. The fourth-order valence-electron chi connectivity index (χ4n) is 11.2. The van der Waals surface area contributed by atoms with Crippen molar-refractivity contribution >= 4 is 44.6 Å². The first kappa shape index (κ1) is 48.5. The van der Waals surface area contributed by atoms with E-state index in [0.29, 0.717) is 38.4 Å². The third kappa shape index (κ3) is 7.82. The van der Waals surface area contributed by atoms with E-state index in [9.17, 15) is 0 Å². The summed E-state index contributed by atoms with van der Waals surface area (Å²) in [7, 11) is 0. The van der Waals surface area contributed by atoms with Crippen LogP contribution in [0.3, 0.4) is 0 Å². The van der Waals surface area contributed by atoms with E-state index < -0.39 is 0 Å². The second-order valence-corrected chi connectivity index (χ2v) is 22.7. The Kier molecular flexibility index (Phi) is 12.0. The van der Waals surface area contributed by atoms with Gasteiger partial charge in [-0.25, -0.2) is 9.58 Å². The maximum atomic E-state index is 7.11. The maximum absolute atomic E-state index is 7.11. The molecule has 0 aliphatic carbocycles. The van der Waals surface area contributed by atoms with Crippen LogP contribution in [0, 0.1) is 18.8 Å². The summed E-state index contributed by atoms with van der Waals surface area (Å²) in [5.74, 6) is 3.21. The number of rotatable bonds is 10. The van der Waals surface area contributed by atoms with Crippen molar-refractivity contribution in [3.8, 4) is 39.6 Å². The molecule has 7 aromatic carbocycles. The van der Waals surface area contributed by atoms with E-state index in [1.54, 1.807) is 0 Å². The van der Waals surface area contributed by atoms with Crippen LogP contribution >= 0.6 is 0 Å². The summed E-state index contributed by atoms with van der Waals surface area (Å²) in [5.41, 5.74) is 18.2. The SMILES string of the molecule is CC(C)c1ccccc1-c1cc(Oc2[c-]c3c(cc2)c2ccccc2n3-c2cc(C(C)(C)C)ccn2)[c-]c([N+]23[CH-][N@+]2(c2cccc(-c4c(C(C)C)cccc4C(C)C)c2)c2ccc(C(C)(C)C)cc23)c1.[Pt]. The van der Waals surface area contributed by atoms with E-state index in [0.717, 1.165) is 38.9 Å². The predicted molar refractivity (Wildman–Crippen MR) is 293 cm³/mol. The van der Waals surface area contributed by atoms with Crippen molar-refractivity contribution in [3.63, 3.8) is 0 Å². The summed E-state index contributed by atoms with van der Waals surface area (Å²) in [6.07, 6.45) is 1.92. The average Bonchev–Trinajstić information content (AvgIpc) is 3.83. The average molecular weight is 1110 g/mol. The molecule has 2 aliphatic rings. The summed E-state index contributed by atoms with van der Waals surface area (Å²) in [5, 5.41) is 2.24. The van der Waals surface area contributed by atoms with Crippen LogP contribution in [-0.4, -0.2) is 9.55 Å². The second kappa shape index (κ2) is 17.6. The van der Waals surface area contributed by atoms with Crippen molar-refractivity contribution in [2.24, 2.45) is 0 Å². The van der Waals surface area contributed by atoms with Crippen molar-refractivity contribution in [2.45, 2.75) is 112 Å². The fraction of sp³-hybridized carbons (Fsp3) is 0.262. The van der Waals surface area contributed by atoms with Crippen LogP contribution < -0.4 is 13.9 Å². The molecule has 11 rings (SSSR count). The molecule has 0 spiro atoms. The van der Waals surface area contributed by atoms with Gasteiger partial charge in [-0.2, -0.15) is 10.7 Å². The van der Waals surface area contributed by atoms with Crippen molar-refractivity contribution in [1.82, 2.24) is 18.7 Å². The second-order valence-electron chi connectivity index (χ2n) is 22.7. The first-order chi connectivity index (χ1) is 33.4. The Morgan fingerprint density at radius 1 is 0.549 bits per heavy atom. The Morgan fingerprint density at radius 3 is 1.93 bits per heavy atom. The molecule has 0 N–H and O–H groups in total. The molecule has 0 amide bonds. The van der Waals surface area contributed by atoms with E-state index in [4.69, 9.17) is 9.72 Å². The number of pyridine rings is 1. The number of nitrogens with zero attached hydrogens (tertiary/aromatic N) is 4. The molecule has 2 aromatic heterocycles.